The zero-order valence-corrected chi connectivity index (χ0v) is 20.3. The van der Waals surface area contributed by atoms with Gasteiger partial charge in [-0.3, -0.25) is 4.79 Å². The highest BCUT2D eigenvalue weighted by molar-refractivity contribution is 6.30. The number of aryl methyl sites for hydroxylation is 1. The Morgan fingerprint density at radius 3 is 2.17 bits per heavy atom. The smallest absolute Gasteiger partial charge is 0.267 e. The van der Waals surface area contributed by atoms with E-state index in [4.69, 9.17) is 16.3 Å². The summed E-state index contributed by atoms with van der Waals surface area (Å²) in [6.07, 6.45) is 1.71. The summed E-state index contributed by atoms with van der Waals surface area (Å²) in [5, 5.41) is 9.92. The average Bonchev–Trinajstić information content (AvgIpc) is 2.82. The van der Waals surface area contributed by atoms with E-state index in [0.29, 0.717) is 39.7 Å². The van der Waals surface area contributed by atoms with Gasteiger partial charge >= 0.3 is 0 Å². The first-order valence-corrected chi connectivity index (χ1v) is 11.3. The molecule has 0 aliphatic carbocycles. The molecule has 178 valence electrons. The molecule has 1 amide bonds. The van der Waals surface area contributed by atoms with Crippen molar-refractivity contribution in [2.24, 2.45) is 0 Å². The van der Waals surface area contributed by atoms with Crippen molar-refractivity contribution >= 4 is 46.3 Å². The van der Waals surface area contributed by atoms with E-state index in [0.717, 1.165) is 5.69 Å². The van der Waals surface area contributed by atoms with Gasteiger partial charge in [0.05, 0.1) is 0 Å². The Hall–Kier alpha value is -4.17. The first kappa shape index (κ1) is 24.0. The number of ether oxygens (including phenoxy) is 1. The lowest BCUT2D eigenvalue weighted by Gasteiger charge is -2.25. The summed E-state index contributed by atoms with van der Waals surface area (Å²) in [4.78, 5) is 25.9. The van der Waals surface area contributed by atoms with Crippen molar-refractivity contribution in [1.29, 1.82) is 0 Å². The Kier molecular flexibility index (Phi) is 7.12. The second-order valence-corrected chi connectivity index (χ2v) is 8.68. The number of anilines is 5. The molecule has 9 heteroatoms. The zero-order valence-electron chi connectivity index (χ0n) is 19.5. The maximum Gasteiger partial charge on any atom is 0.267 e. The molecular formula is C26H25ClN6O2. The first-order valence-electron chi connectivity index (χ1n) is 10.9. The Labute approximate surface area is 208 Å². The van der Waals surface area contributed by atoms with Crippen molar-refractivity contribution in [2.75, 3.05) is 16.0 Å². The number of hydrogen-bond donors (Lipinski definition) is 3. The van der Waals surface area contributed by atoms with Crippen molar-refractivity contribution in [2.45, 2.75) is 26.4 Å². The molecule has 0 bridgehead atoms. The summed E-state index contributed by atoms with van der Waals surface area (Å²) in [5.41, 5.74) is 0.367. The fraction of sp³-hybridized carbons (Fsp3) is 0.154. The third-order valence-corrected chi connectivity index (χ3v) is 5.16. The number of aromatic nitrogens is 3. The average molecular weight is 489 g/mol. The van der Waals surface area contributed by atoms with Crippen LogP contribution in [0.25, 0.3) is 0 Å². The number of rotatable bonds is 8. The van der Waals surface area contributed by atoms with E-state index in [1.54, 1.807) is 62.5 Å². The lowest BCUT2D eigenvalue weighted by Crippen LogP contribution is -2.42. The molecule has 35 heavy (non-hydrogen) atoms. The van der Waals surface area contributed by atoms with Crippen LogP contribution in [-0.2, 0) is 4.79 Å². The molecule has 0 radical (unpaired) electrons. The van der Waals surface area contributed by atoms with Gasteiger partial charge in [-0.2, -0.15) is 0 Å². The summed E-state index contributed by atoms with van der Waals surface area (Å²) < 4.78 is 5.85. The van der Waals surface area contributed by atoms with Gasteiger partial charge in [-0.05, 0) is 81.4 Å². The summed E-state index contributed by atoms with van der Waals surface area (Å²) >= 11 is 5.91. The second kappa shape index (κ2) is 10.4. The fourth-order valence-corrected chi connectivity index (χ4v) is 3.30. The second-order valence-electron chi connectivity index (χ2n) is 8.25. The third kappa shape index (κ3) is 6.68. The summed E-state index contributed by atoms with van der Waals surface area (Å²) in [6.45, 7) is 5.24. The maximum atomic E-state index is 12.8. The summed E-state index contributed by atoms with van der Waals surface area (Å²) in [6, 6.07) is 21.6. The van der Waals surface area contributed by atoms with E-state index in [9.17, 15) is 4.79 Å². The van der Waals surface area contributed by atoms with Crippen molar-refractivity contribution in [3.05, 3.63) is 89.8 Å². The minimum Gasteiger partial charge on any atom is -0.478 e. The standard InChI is InChI=1S/C26H25ClN6O2/c1-17-29-23(16-24(30-17)33-22-6-4-5-15-28-22)31-19-9-11-20(12-10-19)32-25(34)26(2,3)35-21-13-7-18(27)8-14-21/h4-16H,1-3H3,(H,32,34)(H2,28,29,30,31,33). The van der Waals surface area contributed by atoms with Gasteiger partial charge in [0.2, 0.25) is 0 Å². The van der Waals surface area contributed by atoms with Crippen LogP contribution in [0.5, 0.6) is 5.75 Å². The van der Waals surface area contributed by atoms with Crippen molar-refractivity contribution < 1.29 is 9.53 Å². The number of halogens is 1. The van der Waals surface area contributed by atoms with Gasteiger partial charge in [-0.15, -0.1) is 0 Å². The van der Waals surface area contributed by atoms with Crippen LogP contribution in [0.3, 0.4) is 0 Å². The number of nitrogens with zero attached hydrogens (tertiary/aromatic N) is 3. The normalized spacial score (nSPS) is 11.0. The number of hydrogen-bond acceptors (Lipinski definition) is 7. The molecule has 0 aliphatic heterocycles. The van der Waals surface area contributed by atoms with Crippen LogP contribution >= 0.6 is 11.6 Å². The molecular weight excluding hydrogens is 464 g/mol. The highest BCUT2D eigenvalue weighted by Gasteiger charge is 2.30. The number of amides is 1. The molecule has 8 nitrogen and oxygen atoms in total. The molecule has 2 heterocycles. The van der Waals surface area contributed by atoms with Crippen molar-refractivity contribution in [3.63, 3.8) is 0 Å². The molecule has 4 aromatic rings. The lowest BCUT2D eigenvalue weighted by molar-refractivity contribution is -0.128. The van der Waals surface area contributed by atoms with Crippen molar-refractivity contribution in [3.8, 4) is 5.75 Å². The molecule has 0 spiro atoms. The van der Waals surface area contributed by atoms with E-state index >= 15 is 0 Å². The zero-order chi connectivity index (χ0) is 24.8. The summed E-state index contributed by atoms with van der Waals surface area (Å²) in [7, 11) is 0. The summed E-state index contributed by atoms with van der Waals surface area (Å²) in [5.74, 6) is 2.85. The topological polar surface area (TPSA) is 101 Å². The number of carbonyl (C=O) groups is 1. The number of nitrogens with one attached hydrogen (secondary N) is 3. The molecule has 4 rings (SSSR count). The molecule has 0 saturated carbocycles. The van der Waals surface area contributed by atoms with Crippen LogP contribution in [0.15, 0.2) is 79.0 Å². The Morgan fingerprint density at radius 2 is 1.51 bits per heavy atom. The maximum absolute atomic E-state index is 12.8. The molecule has 0 atom stereocenters. The number of pyridine rings is 1. The van der Waals surface area contributed by atoms with Crippen LogP contribution in [0.4, 0.5) is 28.8 Å². The SMILES string of the molecule is Cc1nc(Nc2ccc(NC(=O)C(C)(C)Oc3ccc(Cl)cc3)cc2)cc(Nc2ccccn2)n1. The van der Waals surface area contributed by atoms with E-state index in [-0.39, 0.29) is 5.91 Å². The Balaban J connectivity index is 1.39. The van der Waals surface area contributed by atoms with E-state index < -0.39 is 5.60 Å². The quantitative estimate of drug-likeness (QED) is 0.275. The molecule has 0 saturated heterocycles. The van der Waals surface area contributed by atoms with Gasteiger partial charge in [0, 0.05) is 28.7 Å². The highest BCUT2D eigenvalue weighted by Crippen LogP contribution is 2.24. The van der Waals surface area contributed by atoms with Gasteiger partial charge in [0.25, 0.3) is 5.91 Å². The van der Waals surface area contributed by atoms with Gasteiger partial charge in [-0.1, -0.05) is 17.7 Å². The predicted molar refractivity (Wildman–Crippen MR) is 139 cm³/mol. The first-order chi connectivity index (χ1) is 16.8. The van der Waals surface area contributed by atoms with Crippen LogP contribution in [0, 0.1) is 6.92 Å². The van der Waals surface area contributed by atoms with Crippen LogP contribution in [0.2, 0.25) is 5.02 Å². The van der Waals surface area contributed by atoms with E-state index in [1.807, 2.05) is 37.3 Å². The highest BCUT2D eigenvalue weighted by atomic mass is 35.5. The lowest BCUT2D eigenvalue weighted by atomic mass is 10.1. The largest absolute Gasteiger partial charge is 0.478 e. The molecule has 0 aliphatic rings. The molecule has 3 N–H and O–H groups in total. The number of benzene rings is 2. The van der Waals surface area contributed by atoms with Gasteiger partial charge in [-0.25, -0.2) is 15.0 Å². The molecule has 0 fully saturated rings. The minimum atomic E-state index is -1.08. The minimum absolute atomic E-state index is 0.273. The predicted octanol–water partition coefficient (Wildman–Crippen LogP) is 6.12. The third-order valence-electron chi connectivity index (χ3n) is 4.91. The van der Waals surface area contributed by atoms with Gasteiger partial charge in [0.15, 0.2) is 5.60 Å². The molecule has 0 unspecified atom stereocenters. The molecule has 2 aromatic heterocycles. The fourth-order valence-electron chi connectivity index (χ4n) is 3.17. The Bertz CT molecular complexity index is 1300. The van der Waals surface area contributed by atoms with Gasteiger partial charge < -0.3 is 20.7 Å². The van der Waals surface area contributed by atoms with Crippen LogP contribution in [0.1, 0.15) is 19.7 Å². The van der Waals surface area contributed by atoms with Crippen LogP contribution < -0.4 is 20.7 Å². The Morgan fingerprint density at radius 1 is 0.857 bits per heavy atom. The van der Waals surface area contributed by atoms with Crippen molar-refractivity contribution in [1.82, 2.24) is 15.0 Å². The van der Waals surface area contributed by atoms with Crippen LogP contribution in [-0.4, -0.2) is 26.5 Å². The van der Waals surface area contributed by atoms with E-state index in [2.05, 4.69) is 30.9 Å². The van der Waals surface area contributed by atoms with Gasteiger partial charge in [0.1, 0.15) is 29.0 Å². The molecule has 2 aromatic carbocycles. The number of carbonyl (C=O) groups excluding carboxylic acids is 1. The monoisotopic (exact) mass is 488 g/mol. The van der Waals surface area contributed by atoms with E-state index in [1.165, 1.54) is 0 Å².